The van der Waals surface area contributed by atoms with Gasteiger partial charge in [0.15, 0.2) is 0 Å². The lowest BCUT2D eigenvalue weighted by molar-refractivity contribution is 0.277. The summed E-state index contributed by atoms with van der Waals surface area (Å²) in [5, 5.41) is 8.68. The van der Waals surface area contributed by atoms with Gasteiger partial charge in [-0.05, 0) is 36.4 Å². The summed E-state index contributed by atoms with van der Waals surface area (Å²) < 4.78 is -0.230. The Morgan fingerprint density at radius 2 is 2.07 bits per heavy atom. The zero-order valence-electron chi connectivity index (χ0n) is 7.60. The van der Waals surface area contributed by atoms with Gasteiger partial charge in [-0.1, -0.05) is 24.8 Å². The van der Waals surface area contributed by atoms with Gasteiger partial charge in [-0.25, -0.2) is 0 Å². The monoisotopic (exact) mass is 223 g/mol. The predicted molar refractivity (Wildman–Crippen MR) is 60.7 cm³/mol. The van der Waals surface area contributed by atoms with Gasteiger partial charge in [0, 0.05) is 4.90 Å². The molecule has 0 radical (unpaired) electrons. The van der Waals surface area contributed by atoms with Crippen LogP contribution in [0.4, 0.5) is 4.79 Å². The van der Waals surface area contributed by atoms with Crippen molar-refractivity contribution in [1.82, 2.24) is 0 Å². The first kappa shape index (κ1) is 11.2. The quantitative estimate of drug-likeness (QED) is 0.616. The van der Waals surface area contributed by atoms with Gasteiger partial charge in [-0.15, -0.1) is 0 Å². The summed E-state index contributed by atoms with van der Waals surface area (Å²) in [4.78, 5) is 11.5. The summed E-state index contributed by atoms with van der Waals surface area (Å²) in [6.45, 7) is 1.84. The van der Waals surface area contributed by atoms with E-state index in [1.165, 1.54) is 0 Å². The molecule has 0 N–H and O–H groups in total. The van der Waals surface area contributed by atoms with Crippen molar-refractivity contribution in [1.29, 1.82) is 5.26 Å². The Balaban J connectivity index is 2.79. The second-order valence-corrected chi connectivity index (χ2v) is 4.54. The van der Waals surface area contributed by atoms with Crippen LogP contribution in [0.1, 0.15) is 18.4 Å². The summed E-state index contributed by atoms with van der Waals surface area (Å²) in [6, 6.07) is 9.50. The van der Waals surface area contributed by atoms with Crippen molar-refractivity contribution < 1.29 is 4.79 Å². The minimum atomic E-state index is -0.230. The number of carbonyl (C=O) groups is 1. The molecule has 14 heavy (non-hydrogen) atoms. The van der Waals surface area contributed by atoms with E-state index >= 15 is 0 Å². The highest BCUT2D eigenvalue weighted by atomic mass is 32.2. The topological polar surface area (TPSA) is 40.9 Å². The Labute approximate surface area is 92.7 Å². The molecule has 1 aromatic rings. The van der Waals surface area contributed by atoms with E-state index in [1.54, 1.807) is 0 Å². The highest BCUT2D eigenvalue weighted by Gasteiger charge is 2.04. The van der Waals surface area contributed by atoms with Gasteiger partial charge in [0.1, 0.15) is 0 Å². The third kappa shape index (κ3) is 3.09. The van der Waals surface area contributed by atoms with Crippen LogP contribution in [0.5, 0.6) is 0 Å². The van der Waals surface area contributed by atoms with E-state index in [-0.39, 0.29) is 10.4 Å². The third-order valence-corrected chi connectivity index (χ3v) is 2.74. The molecule has 0 aromatic heterocycles. The molecule has 0 aliphatic heterocycles. The van der Waals surface area contributed by atoms with Crippen molar-refractivity contribution in [3.63, 3.8) is 0 Å². The molecule has 0 aliphatic rings. The summed E-state index contributed by atoms with van der Waals surface area (Å²) in [6.07, 6.45) is 0. The number of carbonyl (C=O) groups excluding carboxylic acids is 1. The van der Waals surface area contributed by atoms with Crippen LogP contribution in [0.15, 0.2) is 29.2 Å². The molecule has 0 saturated heterocycles. The predicted octanol–water partition coefficient (Wildman–Crippen LogP) is 3.46. The molecule has 1 aromatic carbocycles. The van der Waals surface area contributed by atoms with E-state index in [0.717, 1.165) is 22.2 Å². The van der Waals surface area contributed by atoms with E-state index in [4.69, 9.17) is 5.26 Å². The standard InChI is InChI=1S/C10H9NOS2/c1-7(6-11)8-2-4-9(5-3-8)14-10(12)13/h2-5,7H,1H3,(H,12,13). The molecule has 0 heterocycles. The minimum Gasteiger partial charge on any atom is -0.274 e. The molecule has 2 nitrogen and oxygen atoms in total. The lowest BCUT2D eigenvalue weighted by Gasteiger charge is -2.03. The molecular formula is C10H9NOS2. The van der Waals surface area contributed by atoms with E-state index in [9.17, 15) is 4.79 Å². The number of nitriles is 1. The Morgan fingerprint density at radius 1 is 1.50 bits per heavy atom. The zero-order chi connectivity index (χ0) is 10.6. The highest BCUT2D eigenvalue weighted by Crippen LogP contribution is 2.23. The first-order chi connectivity index (χ1) is 6.63. The maximum absolute atomic E-state index is 10.7. The molecule has 0 fully saturated rings. The second kappa shape index (κ2) is 5.08. The normalized spacial score (nSPS) is 11.8. The van der Waals surface area contributed by atoms with Crippen molar-refractivity contribution in [2.45, 2.75) is 17.7 Å². The number of benzene rings is 1. The Kier molecular flexibility index (Phi) is 4.05. The lowest BCUT2D eigenvalue weighted by Crippen LogP contribution is -1.88. The van der Waals surface area contributed by atoms with Crippen LogP contribution in [-0.2, 0) is 0 Å². The van der Waals surface area contributed by atoms with E-state index in [1.807, 2.05) is 31.2 Å². The highest BCUT2D eigenvalue weighted by molar-refractivity contribution is 8.32. The zero-order valence-corrected chi connectivity index (χ0v) is 9.31. The van der Waals surface area contributed by atoms with Crippen molar-refractivity contribution in [3.8, 4) is 6.07 Å². The lowest BCUT2D eigenvalue weighted by atomic mass is 10.0. The van der Waals surface area contributed by atoms with Gasteiger partial charge >= 0.3 is 0 Å². The van der Waals surface area contributed by atoms with Crippen LogP contribution in [-0.4, -0.2) is 4.45 Å². The fraction of sp³-hybridized carbons (Fsp3) is 0.200. The molecule has 1 atom stereocenters. The minimum absolute atomic E-state index is 0.110. The number of hydrogen-bond acceptors (Lipinski definition) is 3. The first-order valence-corrected chi connectivity index (χ1v) is 5.30. The largest absolute Gasteiger partial charge is 0.274 e. The Bertz CT molecular complexity index is 367. The second-order valence-electron chi connectivity index (χ2n) is 2.79. The van der Waals surface area contributed by atoms with Crippen molar-refractivity contribution in [2.75, 3.05) is 0 Å². The van der Waals surface area contributed by atoms with Crippen molar-refractivity contribution >= 4 is 28.8 Å². The molecule has 1 unspecified atom stereocenters. The summed E-state index contributed by atoms with van der Waals surface area (Å²) in [5.74, 6) is -0.110. The van der Waals surface area contributed by atoms with Crippen LogP contribution in [0.25, 0.3) is 0 Å². The number of nitrogens with zero attached hydrogens (tertiary/aromatic N) is 1. The van der Waals surface area contributed by atoms with Crippen LogP contribution in [0.3, 0.4) is 0 Å². The summed E-state index contributed by atoms with van der Waals surface area (Å²) >= 11 is 4.73. The van der Waals surface area contributed by atoms with Gasteiger partial charge in [-0.2, -0.15) is 5.26 Å². The smallest absolute Gasteiger partial charge is 0.247 e. The summed E-state index contributed by atoms with van der Waals surface area (Å²) in [5.41, 5.74) is 0.962. The molecule has 72 valence electrons. The SMILES string of the molecule is CC(C#N)c1ccc(SC(=O)S)cc1. The number of hydrogen-bond donors (Lipinski definition) is 1. The van der Waals surface area contributed by atoms with Crippen LogP contribution in [0.2, 0.25) is 0 Å². The first-order valence-electron chi connectivity index (χ1n) is 4.04. The number of rotatable bonds is 2. The fourth-order valence-corrected chi connectivity index (χ4v) is 1.79. The van der Waals surface area contributed by atoms with Crippen LogP contribution >= 0.6 is 24.4 Å². The fourth-order valence-electron chi connectivity index (χ4n) is 1.000. The van der Waals surface area contributed by atoms with Gasteiger partial charge in [0.25, 0.3) is 0 Å². The molecular weight excluding hydrogens is 214 g/mol. The van der Waals surface area contributed by atoms with Crippen LogP contribution < -0.4 is 0 Å². The molecule has 4 heteroatoms. The Morgan fingerprint density at radius 3 is 2.50 bits per heavy atom. The number of thiol groups is 1. The summed E-state index contributed by atoms with van der Waals surface area (Å²) in [7, 11) is 0. The average Bonchev–Trinajstić information content (AvgIpc) is 2.17. The van der Waals surface area contributed by atoms with Gasteiger partial charge in [0.05, 0.1) is 12.0 Å². The molecule has 0 aliphatic carbocycles. The van der Waals surface area contributed by atoms with E-state index in [0.29, 0.717) is 0 Å². The molecule has 0 spiro atoms. The average molecular weight is 223 g/mol. The maximum Gasteiger partial charge on any atom is 0.247 e. The third-order valence-electron chi connectivity index (χ3n) is 1.78. The molecule has 0 saturated carbocycles. The van der Waals surface area contributed by atoms with E-state index < -0.39 is 0 Å². The van der Waals surface area contributed by atoms with Gasteiger partial charge in [0.2, 0.25) is 4.45 Å². The molecule has 1 rings (SSSR count). The Hall–Kier alpha value is -0.920. The molecule has 0 bridgehead atoms. The van der Waals surface area contributed by atoms with Crippen molar-refractivity contribution in [3.05, 3.63) is 29.8 Å². The van der Waals surface area contributed by atoms with Gasteiger partial charge in [-0.3, -0.25) is 4.79 Å². The van der Waals surface area contributed by atoms with Gasteiger partial charge < -0.3 is 0 Å². The molecule has 0 amide bonds. The van der Waals surface area contributed by atoms with Crippen LogP contribution in [0, 0.1) is 11.3 Å². The van der Waals surface area contributed by atoms with Crippen molar-refractivity contribution in [2.24, 2.45) is 0 Å². The number of thioether (sulfide) groups is 1. The maximum atomic E-state index is 10.7. The van der Waals surface area contributed by atoms with E-state index in [2.05, 4.69) is 18.7 Å².